The first-order valence-electron chi connectivity index (χ1n) is 5.64. The van der Waals surface area contributed by atoms with Gasteiger partial charge in [-0.1, -0.05) is 6.92 Å². The molecule has 1 fully saturated rings. The molecular weight excluding hydrogens is 208 g/mol. The summed E-state index contributed by atoms with van der Waals surface area (Å²) < 4.78 is 5.54. The molecule has 1 N–H and O–H groups in total. The first-order chi connectivity index (χ1) is 7.38. The second-order valence-electron chi connectivity index (χ2n) is 3.84. The van der Waals surface area contributed by atoms with Crippen molar-refractivity contribution >= 4 is 11.3 Å². The van der Waals surface area contributed by atoms with Crippen molar-refractivity contribution in [2.75, 3.05) is 13.2 Å². The average molecular weight is 226 g/mol. The summed E-state index contributed by atoms with van der Waals surface area (Å²) in [5, 5.41) is 4.59. The third-order valence-corrected chi connectivity index (χ3v) is 3.76. The number of aryl methyl sites for hydroxylation is 1. The number of ether oxygens (including phenoxy) is 1. The molecule has 84 valence electrons. The van der Waals surface area contributed by atoms with Crippen molar-refractivity contribution in [2.24, 2.45) is 0 Å². The molecule has 0 radical (unpaired) electrons. The fourth-order valence-corrected chi connectivity index (χ4v) is 2.57. The van der Waals surface area contributed by atoms with Gasteiger partial charge >= 0.3 is 0 Å². The lowest BCUT2D eigenvalue weighted by molar-refractivity contribution is 0.110. The zero-order valence-electron chi connectivity index (χ0n) is 9.16. The molecule has 1 atom stereocenters. The molecule has 0 amide bonds. The minimum atomic E-state index is 0.426. The molecule has 1 saturated heterocycles. The molecule has 2 heterocycles. The first kappa shape index (κ1) is 11.0. The van der Waals surface area contributed by atoms with E-state index in [-0.39, 0.29) is 0 Å². The van der Waals surface area contributed by atoms with E-state index < -0.39 is 0 Å². The van der Waals surface area contributed by atoms with Crippen molar-refractivity contribution in [1.29, 1.82) is 0 Å². The van der Waals surface area contributed by atoms with E-state index in [1.54, 1.807) is 11.3 Å². The Kier molecular flexibility index (Phi) is 4.11. The third kappa shape index (κ3) is 3.26. The summed E-state index contributed by atoms with van der Waals surface area (Å²) >= 11 is 1.80. The van der Waals surface area contributed by atoms with Crippen molar-refractivity contribution in [1.82, 2.24) is 10.3 Å². The Morgan fingerprint density at radius 3 is 3.27 bits per heavy atom. The number of nitrogens with one attached hydrogen (secondary N) is 1. The lowest BCUT2D eigenvalue weighted by atomic mass is 10.2. The first-order valence-corrected chi connectivity index (χ1v) is 6.46. The van der Waals surface area contributed by atoms with E-state index in [0.29, 0.717) is 6.10 Å². The van der Waals surface area contributed by atoms with Crippen LogP contribution in [0.3, 0.4) is 0 Å². The van der Waals surface area contributed by atoms with E-state index in [0.717, 1.165) is 26.1 Å². The summed E-state index contributed by atoms with van der Waals surface area (Å²) in [4.78, 5) is 5.73. The van der Waals surface area contributed by atoms with Gasteiger partial charge in [0.05, 0.1) is 6.10 Å². The second kappa shape index (κ2) is 5.58. The number of rotatable bonds is 5. The zero-order valence-corrected chi connectivity index (χ0v) is 9.98. The SMILES string of the molecule is CCc1cnc(CNCC2CCCO2)s1. The highest BCUT2D eigenvalue weighted by Crippen LogP contribution is 2.14. The monoisotopic (exact) mass is 226 g/mol. The van der Waals surface area contributed by atoms with Crippen LogP contribution >= 0.6 is 11.3 Å². The van der Waals surface area contributed by atoms with Crippen LogP contribution in [0.5, 0.6) is 0 Å². The number of hydrogen-bond acceptors (Lipinski definition) is 4. The highest BCUT2D eigenvalue weighted by atomic mass is 32.1. The van der Waals surface area contributed by atoms with Gasteiger partial charge in [-0.15, -0.1) is 11.3 Å². The van der Waals surface area contributed by atoms with Gasteiger partial charge in [0.15, 0.2) is 0 Å². The topological polar surface area (TPSA) is 34.2 Å². The van der Waals surface area contributed by atoms with Crippen molar-refractivity contribution in [3.05, 3.63) is 16.1 Å². The van der Waals surface area contributed by atoms with Gasteiger partial charge in [0.2, 0.25) is 0 Å². The molecule has 1 aromatic heterocycles. The van der Waals surface area contributed by atoms with E-state index in [1.165, 1.54) is 22.7 Å². The molecule has 0 saturated carbocycles. The van der Waals surface area contributed by atoms with Gasteiger partial charge in [-0.25, -0.2) is 4.98 Å². The second-order valence-corrected chi connectivity index (χ2v) is 5.04. The summed E-state index contributed by atoms with van der Waals surface area (Å²) in [6.45, 7) is 4.94. The summed E-state index contributed by atoms with van der Waals surface area (Å²) in [5.74, 6) is 0. The van der Waals surface area contributed by atoms with Crippen LogP contribution in [0.1, 0.15) is 29.7 Å². The molecule has 0 bridgehead atoms. The predicted octanol–water partition coefficient (Wildman–Crippen LogP) is 1.97. The van der Waals surface area contributed by atoms with Gasteiger partial charge in [-0.2, -0.15) is 0 Å². The quantitative estimate of drug-likeness (QED) is 0.833. The lowest BCUT2D eigenvalue weighted by Crippen LogP contribution is -2.25. The van der Waals surface area contributed by atoms with Crippen LogP contribution in [0, 0.1) is 0 Å². The number of nitrogens with zero attached hydrogens (tertiary/aromatic N) is 1. The number of hydrogen-bond donors (Lipinski definition) is 1. The molecule has 15 heavy (non-hydrogen) atoms. The van der Waals surface area contributed by atoms with Crippen LogP contribution in [0.15, 0.2) is 6.20 Å². The molecule has 1 unspecified atom stereocenters. The van der Waals surface area contributed by atoms with Crippen LogP contribution in [0.4, 0.5) is 0 Å². The molecule has 0 aliphatic carbocycles. The van der Waals surface area contributed by atoms with Crippen LogP contribution in [-0.2, 0) is 17.7 Å². The standard InChI is InChI=1S/C11H18N2OS/c1-2-10-7-13-11(15-10)8-12-6-9-4-3-5-14-9/h7,9,12H,2-6,8H2,1H3. The fourth-order valence-electron chi connectivity index (χ4n) is 1.74. The van der Waals surface area contributed by atoms with Gasteiger partial charge in [0, 0.05) is 30.8 Å². The molecule has 1 aromatic rings. The average Bonchev–Trinajstić information content (AvgIpc) is 2.88. The Morgan fingerprint density at radius 1 is 1.67 bits per heavy atom. The van der Waals surface area contributed by atoms with Gasteiger partial charge in [-0.05, 0) is 19.3 Å². The van der Waals surface area contributed by atoms with Crippen molar-refractivity contribution in [2.45, 2.75) is 38.8 Å². The minimum Gasteiger partial charge on any atom is -0.377 e. The van der Waals surface area contributed by atoms with E-state index in [9.17, 15) is 0 Å². The Hall–Kier alpha value is -0.450. The van der Waals surface area contributed by atoms with E-state index in [4.69, 9.17) is 4.74 Å². The van der Waals surface area contributed by atoms with Gasteiger partial charge < -0.3 is 10.1 Å². The lowest BCUT2D eigenvalue weighted by Gasteiger charge is -2.09. The summed E-state index contributed by atoms with van der Waals surface area (Å²) in [6.07, 6.45) is 5.90. The highest BCUT2D eigenvalue weighted by Gasteiger charge is 2.14. The van der Waals surface area contributed by atoms with Gasteiger partial charge in [0.25, 0.3) is 0 Å². The normalized spacial score (nSPS) is 21.0. The van der Waals surface area contributed by atoms with E-state index in [2.05, 4.69) is 17.2 Å². The molecule has 3 nitrogen and oxygen atoms in total. The van der Waals surface area contributed by atoms with Gasteiger partial charge in [0.1, 0.15) is 5.01 Å². The van der Waals surface area contributed by atoms with Crippen LogP contribution in [0.2, 0.25) is 0 Å². The maximum Gasteiger partial charge on any atom is 0.107 e. The molecule has 2 rings (SSSR count). The molecule has 0 spiro atoms. The highest BCUT2D eigenvalue weighted by molar-refractivity contribution is 7.11. The van der Waals surface area contributed by atoms with Crippen molar-refractivity contribution in [3.8, 4) is 0 Å². The Balaban J connectivity index is 1.68. The third-order valence-electron chi connectivity index (χ3n) is 2.62. The van der Waals surface area contributed by atoms with Gasteiger partial charge in [-0.3, -0.25) is 0 Å². The molecular formula is C11H18N2OS. The van der Waals surface area contributed by atoms with Crippen molar-refractivity contribution < 1.29 is 4.74 Å². The Labute approximate surface area is 94.9 Å². The zero-order chi connectivity index (χ0) is 10.5. The Morgan fingerprint density at radius 2 is 2.60 bits per heavy atom. The largest absolute Gasteiger partial charge is 0.377 e. The van der Waals surface area contributed by atoms with Crippen LogP contribution in [-0.4, -0.2) is 24.2 Å². The molecule has 4 heteroatoms. The smallest absolute Gasteiger partial charge is 0.107 e. The summed E-state index contributed by atoms with van der Waals surface area (Å²) in [6, 6.07) is 0. The van der Waals surface area contributed by atoms with E-state index >= 15 is 0 Å². The molecule has 1 aliphatic rings. The maximum atomic E-state index is 5.54. The Bertz CT molecular complexity index is 295. The fraction of sp³-hybridized carbons (Fsp3) is 0.727. The summed E-state index contributed by atoms with van der Waals surface area (Å²) in [7, 11) is 0. The minimum absolute atomic E-state index is 0.426. The van der Waals surface area contributed by atoms with Crippen LogP contribution < -0.4 is 5.32 Å². The predicted molar refractivity (Wildman–Crippen MR) is 62.2 cm³/mol. The number of thiazole rings is 1. The van der Waals surface area contributed by atoms with E-state index in [1.807, 2.05) is 6.20 Å². The molecule has 0 aromatic carbocycles. The van der Waals surface area contributed by atoms with Crippen molar-refractivity contribution in [3.63, 3.8) is 0 Å². The van der Waals surface area contributed by atoms with Crippen LogP contribution in [0.25, 0.3) is 0 Å². The maximum absolute atomic E-state index is 5.54. The number of aromatic nitrogens is 1. The molecule has 1 aliphatic heterocycles. The summed E-state index contributed by atoms with van der Waals surface area (Å²) in [5.41, 5.74) is 0.